The largest absolute Gasteiger partial charge is 0.444 e. The molecule has 1 unspecified atom stereocenters. The topological polar surface area (TPSA) is 105 Å². The maximum Gasteiger partial charge on any atom is 0.410 e. The van der Waals surface area contributed by atoms with Gasteiger partial charge in [-0.1, -0.05) is 6.07 Å². The highest BCUT2D eigenvalue weighted by Crippen LogP contribution is 2.18. The van der Waals surface area contributed by atoms with Gasteiger partial charge < -0.3 is 25.8 Å². The molecule has 1 saturated heterocycles. The number of nitrogens with two attached hydrogens (primary N) is 1. The van der Waals surface area contributed by atoms with E-state index < -0.39 is 5.60 Å². The molecule has 0 spiro atoms. The Kier molecular flexibility index (Phi) is 5.89. The summed E-state index contributed by atoms with van der Waals surface area (Å²) < 4.78 is 5.39. The summed E-state index contributed by atoms with van der Waals surface area (Å²) in [6.07, 6.45) is 1.22. The van der Waals surface area contributed by atoms with Crippen molar-refractivity contribution in [1.82, 2.24) is 10.2 Å². The maximum absolute atomic E-state index is 12.5. The van der Waals surface area contributed by atoms with Crippen LogP contribution < -0.4 is 11.1 Å². The number of ether oxygens (including phenoxy) is 1. The molecule has 2 amide bonds. The molecule has 0 radical (unpaired) electrons. The van der Waals surface area contributed by atoms with Crippen LogP contribution in [-0.2, 0) is 11.3 Å². The van der Waals surface area contributed by atoms with Crippen molar-refractivity contribution in [3.8, 4) is 0 Å². The average Bonchev–Trinajstić information content (AvgIpc) is 2.53. The molecule has 1 fully saturated rings. The van der Waals surface area contributed by atoms with E-state index in [1.807, 2.05) is 20.8 Å². The summed E-state index contributed by atoms with van der Waals surface area (Å²) >= 11 is 0. The zero-order chi connectivity index (χ0) is 18.6. The van der Waals surface area contributed by atoms with Gasteiger partial charge in [0.15, 0.2) is 0 Å². The number of carbonyl (C=O) groups excluding carboxylic acids is 2. The molecule has 1 aliphatic heterocycles. The first kappa shape index (κ1) is 19.1. The second-order valence-electron chi connectivity index (χ2n) is 7.32. The highest BCUT2D eigenvalue weighted by molar-refractivity contribution is 5.99. The molecule has 138 valence electrons. The van der Waals surface area contributed by atoms with E-state index in [1.54, 1.807) is 23.1 Å². The Morgan fingerprint density at radius 1 is 1.40 bits per heavy atom. The van der Waals surface area contributed by atoms with Gasteiger partial charge in [-0.2, -0.15) is 0 Å². The number of nitrogens with zero attached hydrogens (tertiary/aromatic N) is 1. The summed E-state index contributed by atoms with van der Waals surface area (Å²) in [5, 5.41) is 12.0. The smallest absolute Gasteiger partial charge is 0.410 e. The molecule has 4 N–H and O–H groups in total. The number of hydrogen-bond donors (Lipinski definition) is 3. The lowest BCUT2D eigenvalue weighted by atomic mass is 10.0. The quantitative estimate of drug-likeness (QED) is 0.723. The highest BCUT2D eigenvalue weighted by atomic mass is 16.6. The van der Waals surface area contributed by atoms with Crippen molar-refractivity contribution < 1.29 is 19.4 Å². The number of rotatable bonds is 3. The summed E-state index contributed by atoms with van der Waals surface area (Å²) in [7, 11) is 0. The summed E-state index contributed by atoms with van der Waals surface area (Å²) in [5.41, 5.74) is 6.69. The van der Waals surface area contributed by atoms with E-state index in [0.29, 0.717) is 29.9 Å². The molecule has 1 heterocycles. The predicted octanol–water partition coefficient (Wildman–Crippen LogP) is 1.89. The zero-order valence-electron chi connectivity index (χ0n) is 15.0. The summed E-state index contributed by atoms with van der Waals surface area (Å²) in [5.74, 6) is -0.280. The van der Waals surface area contributed by atoms with Gasteiger partial charge in [0.1, 0.15) is 5.60 Å². The van der Waals surface area contributed by atoms with Crippen LogP contribution in [0.3, 0.4) is 0 Å². The molecule has 0 saturated carbocycles. The zero-order valence-corrected chi connectivity index (χ0v) is 15.0. The molecule has 0 aliphatic carbocycles. The van der Waals surface area contributed by atoms with Crippen molar-refractivity contribution in [2.24, 2.45) is 0 Å². The number of nitrogens with one attached hydrogen (secondary N) is 1. The number of benzene rings is 1. The van der Waals surface area contributed by atoms with E-state index in [4.69, 9.17) is 15.6 Å². The molecule has 1 atom stereocenters. The average molecular weight is 349 g/mol. The maximum atomic E-state index is 12.5. The number of nitrogen functional groups attached to an aromatic ring is 1. The normalized spacial score (nSPS) is 17.9. The Hall–Kier alpha value is -2.28. The molecular formula is C18H27N3O4. The number of piperidine rings is 1. The fourth-order valence-corrected chi connectivity index (χ4v) is 2.77. The second-order valence-corrected chi connectivity index (χ2v) is 7.32. The number of aliphatic hydroxyl groups is 1. The van der Waals surface area contributed by atoms with Gasteiger partial charge in [0.2, 0.25) is 0 Å². The lowest BCUT2D eigenvalue weighted by Crippen LogP contribution is -2.50. The van der Waals surface area contributed by atoms with Gasteiger partial charge in [0, 0.05) is 24.8 Å². The van der Waals surface area contributed by atoms with Gasteiger partial charge in [-0.15, -0.1) is 0 Å². The van der Waals surface area contributed by atoms with Crippen LogP contribution in [0.4, 0.5) is 10.5 Å². The van der Waals surface area contributed by atoms with Crippen LogP contribution in [0.5, 0.6) is 0 Å². The third-order valence-electron chi connectivity index (χ3n) is 3.95. The van der Waals surface area contributed by atoms with E-state index in [0.717, 1.165) is 12.8 Å². The number of amides is 2. The van der Waals surface area contributed by atoms with Gasteiger partial charge in [-0.25, -0.2) is 4.79 Å². The molecule has 0 bridgehead atoms. The Bertz CT molecular complexity index is 640. The first-order valence-electron chi connectivity index (χ1n) is 8.47. The van der Waals surface area contributed by atoms with Gasteiger partial charge in [-0.3, -0.25) is 4.79 Å². The Labute approximate surface area is 148 Å². The monoisotopic (exact) mass is 349 g/mol. The van der Waals surface area contributed by atoms with Gasteiger partial charge in [0.05, 0.1) is 12.2 Å². The van der Waals surface area contributed by atoms with Crippen molar-refractivity contribution in [1.29, 1.82) is 0 Å². The highest BCUT2D eigenvalue weighted by Gasteiger charge is 2.28. The van der Waals surface area contributed by atoms with E-state index >= 15 is 0 Å². The fraction of sp³-hybridized carbons (Fsp3) is 0.556. The standard InChI is InChI=1S/C18H27N3O4/c1-18(2,3)25-17(24)21-8-4-5-13(10-21)20-16(23)14-7-6-12(11-22)9-15(14)19/h6-7,9,13,22H,4-5,8,10-11,19H2,1-3H3,(H,20,23). The van der Waals surface area contributed by atoms with Crippen molar-refractivity contribution in [2.75, 3.05) is 18.8 Å². The van der Waals surface area contributed by atoms with E-state index in [1.165, 1.54) is 0 Å². The Morgan fingerprint density at radius 3 is 2.72 bits per heavy atom. The number of aliphatic hydroxyl groups excluding tert-OH is 1. The summed E-state index contributed by atoms with van der Waals surface area (Å²) in [4.78, 5) is 26.3. The van der Waals surface area contributed by atoms with E-state index in [-0.39, 0.29) is 24.6 Å². The van der Waals surface area contributed by atoms with Crippen LogP contribution in [0.25, 0.3) is 0 Å². The van der Waals surface area contributed by atoms with Crippen LogP contribution in [0, 0.1) is 0 Å². The lowest BCUT2D eigenvalue weighted by Gasteiger charge is -2.34. The summed E-state index contributed by atoms with van der Waals surface area (Å²) in [6.45, 7) is 6.39. The third-order valence-corrected chi connectivity index (χ3v) is 3.95. The molecule has 7 nitrogen and oxygen atoms in total. The predicted molar refractivity (Wildman–Crippen MR) is 95.1 cm³/mol. The minimum atomic E-state index is -0.545. The number of carbonyl (C=O) groups is 2. The molecule has 0 aromatic heterocycles. The number of likely N-dealkylation sites (tertiary alicyclic amines) is 1. The molecule has 25 heavy (non-hydrogen) atoms. The molecular weight excluding hydrogens is 322 g/mol. The van der Waals surface area contributed by atoms with E-state index in [2.05, 4.69) is 5.32 Å². The van der Waals surface area contributed by atoms with Crippen LogP contribution in [0.2, 0.25) is 0 Å². The molecule has 1 aromatic carbocycles. The molecule has 7 heteroatoms. The van der Waals surface area contributed by atoms with Crippen LogP contribution in [0.1, 0.15) is 49.5 Å². The molecule has 1 aliphatic rings. The van der Waals surface area contributed by atoms with Crippen molar-refractivity contribution in [3.63, 3.8) is 0 Å². The van der Waals surface area contributed by atoms with Crippen molar-refractivity contribution >= 4 is 17.7 Å². The Morgan fingerprint density at radius 2 is 2.12 bits per heavy atom. The minimum Gasteiger partial charge on any atom is -0.444 e. The third kappa shape index (κ3) is 5.35. The van der Waals surface area contributed by atoms with Gasteiger partial charge >= 0.3 is 6.09 Å². The van der Waals surface area contributed by atoms with Crippen molar-refractivity contribution in [2.45, 2.75) is 51.9 Å². The lowest BCUT2D eigenvalue weighted by molar-refractivity contribution is 0.0185. The fourth-order valence-electron chi connectivity index (χ4n) is 2.77. The first-order valence-corrected chi connectivity index (χ1v) is 8.47. The first-order chi connectivity index (χ1) is 11.7. The van der Waals surface area contributed by atoms with Crippen LogP contribution >= 0.6 is 0 Å². The van der Waals surface area contributed by atoms with Crippen molar-refractivity contribution in [3.05, 3.63) is 29.3 Å². The number of anilines is 1. The van der Waals surface area contributed by atoms with Crippen LogP contribution in [0.15, 0.2) is 18.2 Å². The summed E-state index contributed by atoms with van der Waals surface area (Å²) in [6, 6.07) is 4.71. The molecule has 1 aromatic rings. The van der Waals surface area contributed by atoms with E-state index in [9.17, 15) is 9.59 Å². The SMILES string of the molecule is CC(C)(C)OC(=O)N1CCCC(NC(=O)c2ccc(CO)cc2N)C1. The van der Waals surface area contributed by atoms with Crippen LogP contribution in [-0.4, -0.2) is 46.7 Å². The Balaban J connectivity index is 1.98. The van der Waals surface area contributed by atoms with Gasteiger partial charge in [0.25, 0.3) is 5.91 Å². The molecule has 2 rings (SSSR count). The van der Waals surface area contributed by atoms with Gasteiger partial charge in [-0.05, 0) is 51.3 Å². The number of hydrogen-bond acceptors (Lipinski definition) is 5. The second kappa shape index (κ2) is 7.74. The minimum absolute atomic E-state index is 0.125.